The highest BCUT2D eigenvalue weighted by molar-refractivity contribution is 6.11. The van der Waals surface area contributed by atoms with E-state index in [0.717, 1.165) is 50.7 Å². The number of ether oxygens (including phenoxy) is 1. The molecule has 1 aromatic heterocycles. The van der Waals surface area contributed by atoms with Crippen LogP contribution in [0.3, 0.4) is 0 Å². The zero-order valence-electron chi connectivity index (χ0n) is 26.3. The molecule has 1 spiro atoms. The molecule has 0 atom stereocenters. The summed E-state index contributed by atoms with van der Waals surface area (Å²) in [7, 11) is 1.70. The Hall–Kier alpha value is -6.19. The Morgan fingerprint density at radius 2 is 1.06 bits per heavy atom. The molecule has 0 amide bonds. The number of aldehydes is 1. The number of nitrogens with zero attached hydrogens (tertiary/aromatic N) is 1. The molecule has 0 unspecified atom stereocenters. The van der Waals surface area contributed by atoms with Crippen LogP contribution in [0.15, 0.2) is 152 Å². The Kier molecular flexibility index (Phi) is 5.57. The van der Waals surface area contributed by atoms with Gasteiger partial charge in [0.25, 0.3) is 0 Å². The molecule has 0 aliphatic heterocycles. The zero-order chi connectivity index (χ0) is 32.0. The Labute approximate surface area is 278 Å². The van der Waals surface area contributed by atoms with E-state index in [0.29, 0.717) is 5.56 Å². The summed E-state index contributed by atoms with van der Waals surface area (Å²) in [5.74, 6) is 0.738. The van der Waals surface area contributed by atoms with Crippen molar-refractivity contribution >= 4 is 28.1 Å². The van der Waals surface area contributed by atoms with Gasteiger partial charge in [-0.1, -0.05) is 121 Å². The van der Waals surface area contributed by atoms with Crippen LogP contribution >= 0.6 is 0 Å². The summed E-state index contributed by atoms with van der Waals surface area (Å²) >= 11 is 0. The van der Waals surface area contributed by atoms with Crippen molar-refractivity contribution in [2.75, 3.05) is 7.11 Å². The van der Waals surface area contributed by atoms with E-state index in [1.165, 1.54) is 44.5 Å². The fourth-order valence-electron chi connectivity index (χ4n) is 8.72. The quantitative estimate of drug-likeness (QED) is 0.185. The Morgan fingerprint density at radius 1 is 0.500 bits per heavy atom. The minimum absolute atomic E-state index is 0.425. The molecule has 0 radical (unpaired) electrons. The van der Waals surface area contributed by atoms with Gasteiger partial charge in [0.2, 0.25) is 0 Å². The molecule has 2 aliphatic carbocycles. The third-order valence-corrected chi connectivity index (χ3v) is 10.6. The third kappa shape index (κ3) is 3.35. The molecule has 0 fully saturated rings. The number of carbonyl (C=O) groups is 1. The Morgan fingerprint density at radius 3 is 1.71 bits per heavy atom. The average molecular weight is 616 g/mol. The lowest BCUT2D eigenvalue weighted by Gasteiger charge is -2.30. The van der Waals surface area contributed by atoms with Crippen LogP contribution in [0.4, 0.5) is 0 Å². The van der Waals surface area contributed by atoms with E-state index in [1.54, 1.807) is 7.11 Å². The second-order valence-corrected chi connectivity index (χ2v) is 12.7. The van der Waals surface area contributed by atoms with Crippen LogP contribution in [-0.2, 0) is 5.41 Å². The van der Waals surface area contributed by atoms with Crippen molar-refractivity contribution in [1.29, 1.82) is 0 Å². The maximum Gasteiger partial charge on any atom is 0.150 e. The van der Waals surface area contributed by atoms with Crippen molar-refractivity contribution in [2.45, 2.75) is 5.41 Å². The summed E-state index contributed by atoms with van der Waals surface area (Å²) in [4.78, 5) is 12.1. The molecule has 10 rings (SSSR count). The van der Waals surface area contributed by atoms with Gasteiger partial charge in [-0.3, -0.25) is 4.79 Å². The molecule has 1 heterocycles. The number of benzene rings is 7. The van der Waals surface area contributed by atoms with Crippen molar-refractivity contribution in [3.05, 3.63) is 179 Å². The number of aromatic nitrogens is 1. The normalized spacial score (nSPS) is 13.4. The van der Waals surface area contributed by atoms with Crippen molar-refractivity contribution in [1.82, 2.24) is 4.57 Å². The van der Waals surface area contributed by atoms with E-state index in [-0.39, 0.29) is 0 Å². The molecular weight excluding hydrogens is 587 g/mol. The standard InChI is InChI=1S/C45H29NO2/c1-48-44-26-36-35-17-7-11-21-42(35)46(43(36)25-37(44)30-13-3-2-12-28(30)27-47)29-22-23-34-33-16-6-10-20-40(33)45(41(34)24-29)38-18-8-4-14-31(38)32-15-5-9-19-39(32)45/h2-27H,1H3. The highest BCUT2D eigenvalue weighted by Gasteiger charge is 2.51. The van der Waals surface area contributed by atoms with Gasteiger partial charge >= 0.3 is 0 Å². The molecular formula is C45H29NO2. The maximum absolute atomic E-state index is 12.1. The number of hydrogen-bond donors (Lipinski definition) is 0. The van der Waals surface area contributed by atoms with Crippen molar-refractivity contribution in [2.24, 2.45) is 0 Å². The monoisotopic (exact) mass is 615 g/mol. The highest BCUT2D eigenvalue weighted by atomic mass is 16.5. The van der Waals surface area contributed by atoms with Crippen LogP contribution in [0.2, 0.25) is 0 Å². The van der Waals surface area contributed by atoms with Gasteiger partial charge in [-0.05, 0) is 80.4 Å². The highest BCUT2D eigenvalue weighted by Crippen LogP contribution is 2.63. The van der Waals surface area contributed by atoms with Gasteiger partial charge in [-0.25, -0.2) is 0 Å². The van der Waals surface area contributed by atoms with Gasteiger partial charge in [0.1, 0.15) is 5.75 Å². The second kappa shape index (κ2) is 9.90. The lowest BCUT2D eigenvalue weighted by Crippen LogP contribution is -2.26. The first-order chi connectivity index (χ1) is 23.7. The summed E-state index contributed by atoms with van der Waals surface area (Å²) in [5.41, 5.74) is 15.6. The third-order valence-electron chi connectivity index (χ3n) is 10.6. The van der Waals surface area contributed by atoms with Gasteiger partial charge in [0.05, 0.1) is 23.6 Å². The summed E-state index contributed by atoms with van der Waals surface area (Å²) in [6.07, 6.45) is 0.920. The van der Waals surface area contributed by atoms with Crippen molar-refractivity contribution in [3.63, 3.8) is 0 Å². The van der Waals surface area contributed by atoms with E-state index in [4.69, 9.17) is 4.74 Å². The van der Waals surface area contributed by atoms with Crippen LogP contribution in [0.5, 0.6) is 5.75 Å². The predicted octanol–water partition coefficient (Wildman–Crippen LogP) is 10.6. The number of para-hydroxylation sites is 1. The maximum atomic E-state index is 12.1. The van der Waals surface area contributed by atoms with Gasteiger partial charge in [-0.15, -0.1) is 0 Å². The summed E-state index contributed by atoms with van der Waals surface area (Å²) in [5, 5.41) is 2.25. The van der Waals surface area contributed by atoms with Crippen LogP contribution in [0.1, 0.15) is 32.6 Å². The Bertz CT molecular complexity index is 2580. The topological polar surface area (TPSA) is 31.2 Å². The number of methoxy groups -OCH3 is 1. The molecule has 0 saturated heterocycles. The molecule has 7 aromatic carbocycles. The van der Waals surface area contributed by atoms with Crippen molar-refractivity contribution in [3.8, 4) is 44.8 Å². The summed E-state index contributed by atoms with van der Waals surface area (Å²) < 4.78 is 8.35. The van der Waals surface area contributed by atoms with Gasteiger partial charge in [-0.2, -0.15) is 0 Å². The first-order valence-corrected chi connectivity index (χ1v) is 16.3. The molecule has 0 saturated carbocycles. The first-order valence-electron chi connectivity index (χ1n) is 16.3. The van der Waals surface area contributed by atoms with E-state index >= 15 is 0 Å². The molecule has 3 heteroatoms. The van der Waals surface area contributed by atoms with Gasteiger partial charge in [0, 0.05) is 27.6 Å². The Balaban J connectivity index is 1.31. The zero-order valence-corrected chi connectivity index (χ0v) is 26.3. The van der Waals surface area contributed by atoms with E-state index in [9.17, 15) is 4.79 Å². The predicted molar refractivity (Wildman–Crippen MR) is 194 cm³/mol. The summed E-state index contributed by atoms with van der Waals surface area (Å²) in [6, 6.07) is 54.3. The minimum atomic E-state index is -0.425. The summed E-state index contributed by atoms with van der Waals surface area (Å²) in [6.45, 7) is 0. The molecule has 8 aromatic rings. The number of hydrogen-bond acceptors (Lipinski definition) is 2. The minimum Gasteiger partial charge on any atom is -0.496 e. The van der Waals surface area contributed by atoms with Crippen LogP contribution < -0.4 is 4.74 Å². The lowest BCUT2D eigenvalue weighted by atomic mass is 9.70. The number of rotatable bonds is 4. The van der Waals surface area contributed by atoms with Crippen LogP contribution in [0.25, 0.3) is 60.9 Å². The molecule has 2 aliphatic rings. The largest absolute Gasteiger partial charge is 0.496 e. The van der Waals surface area contributed by atoms with E-state index in [1.807, 2.05) is 24.3 Å². The van der Waals surface area contributed by atoms with Gasteiger partial charge < -0.3 is 9.30 Å². The lowest BCUT2D eigenvalue weighted by molar-refractivity contribution is 0.112. The molecule has 0 N–H and O–H groups in total. The van der Waals surface area contributed by atoms with Crippen LogP contribution in [-0.4, -0.2) is 18.0 Å². The fourth-order valence-corrected chi connectivity index (χ4v) is 8.72. The second-order valence-electron chi connectivity index (χ2n) is 12.7. The average Bonchev–Trinajstić information content (AvgIpc) is 3.75. The SMILES string of the molecule is COc1cc2c3ccccc3n(-c3ccc4c(c3)C3(c5ccccc5-c5ccccc53)c3ccccc3-4)c2cc1-c1ccccc1C=O. The fraction of sp³-hybridized carbons (Fsp3) is 0.0444. The van der Waals surface area contributed by atoms with Crippen molar-refractivity contribution < 1.29 is 9.53 Å². The molecule has 226 valence electrons. The van der Waals surface area contributed by atoms with E-state index < -0.39 is 5.41 Å². The van der Waals surface area contributed by atoms with Gasteiger partial charge in [0.15, 0.2) is 6.29 Å². The first kappa shape index (κ1) is 27.0. The smallest absolute Gasteiger partial charge is 0.150 e. The molecule has 3 nitrogen and oxygen atoms in total. The molecule has 0 bridgehead atoms. The number of carbonyl (C=O) groups excluding carboxylic acids is 1. The number of fused-ring (bicyclic) bond motifs is 13. The van der Waals surface area contributed by atoms with Crippen LogP contribution in [0, 0.1) is 0 Å². The molecule has 48 heavy (non-hydrogen) atoms. The van der Waals surface area contributed by atoms with E-state index in [2.05, 4.69) is 132 Å².